The summed E-state index contributed by atoms with van der Waals surface area (Å²) in [6.07, 6.45) is 3.54. The van der Waals surface area contributed by atoms with Crippen molar-refractivity contribution in [3.63, 3.8) is 0 Å². The molecular weight excluding hydrogens is 147 g/mol. The molecule has 0 N–H and O–H groups in total. The molecule has 0 aliphatic heterocycles. The van der Waals surface area contributed by atoms with Gasteiger partial charge in [-0.15, -0.1) is 0 Å². The molecule has 2 heteroatoms. The molecule has 2 radical (unpaired) electrons. The summed E-state index contributed by atoms with van der Waals surface area (Å²) in [7, 11) is 5.05. The molecule has 1 aromatic rings. The summed E-state index contributed by atoms with van der Waals surface area (Å²) in [6, 6.07) is 7.90. The van der Waals surface area contributed by atoms with Crippen molar-refractivity contribution in [1.82, 2.24) is 0 Å². The second-order valence-corrected chi connectivity index (χ2v) is 2.87. The van der Waals surface area contributed by atoms with E-state index in [-0.39, 0.29) is 0 Å². The molecule has 0 saturated carbocycles. The molecule has 62 valence electrons. The molecule has 1 aromatic carbocycles. The van der Waals surface area contributed by atoms with Crippen LogP contribution in [0.5, 0.6) is 5.75 Å². The number of rotatable bonds is 4. The first kappa shape index (κ1) is 9.18. The maximum Gasteiger partial charge on any atom is 0.374 e. The summed E-state index contributed by atoms with van der Waals surface area (Å²) < 4.78 is 4.63. The van der Waals surface area contributed by atoms with Gasteiger partial charge in [0.1, 0.15) is 0 Å². The summed E-state index contributed by atoms with van der Waals surface area (Å²) in [5.41, 5.74) is 1.29. The van der Waals surface area contributed by atoms with Crippen LogP contribution in [0.15, 0.2) is 24.3 Å². The van der Waals surface area contributed by atoms with Gasteiger partial charge >= 0.3 is 8.05 Å². The van der Waals surface area contributed by atoms with Gasteiger partial charge in [0.2, 0.25) is 0 Å². The number of unbranched alkanes of at least 4 members (excludes halogenated alkanes) is 1. The lowest BCUT2D eigenvalue weighted by Gasteiger charge is -2.03. The first-order chi connectivity index (χ1) is 5.86. The van der Waals surface area contributed by atoms with E-state index >= 15 is 0 Å². The first-order valence-corrected chi connectivity index (χ1v) is 4.32. The summed E-state index contributed by atoms with van der Waals surface area (Å²) in [6.45, 7) is 2.18. The maximum atomic E-state index is 5.05. The normalized spacial score (nSPS) is 9.75. The number of aryl methyl sites for hydroxylation is 1. The molecule has 0 aromatic heterocycles. The second kappa shape index (κ2) is 4.86. The van der Waals surface area contributed by atoms with E-state index in [1.807, 2.05) is 18.2 Å². The molecule has 0 bridgehead atoms. The summed E-state index contributed by atoms with van der Waals surface area (Å²) >= 11 is 0. The molecule has 0 aliphatic rings. The predicted molar refractivity (Wildman–Crippen MR) is 51.4 cm³/mol. The van der Waals surface area contributed by atoms with E-state index < -0.39 is 0 Å². The molecule has 12 heavy (non-hydrogen) atoms. The lowest BCUT2D eigenvalue weighted by molar-refractivity contribution is 0.614. The Morgan fingerprint density at radius 3 is 2.92 bits per heavy atom. The van der Waals surface area contributed by atoms with Gasteiger partial charge in [-0.05, 0) is 30.5 Å². The third kappa shape index (κ3) is 2.61. The Balaban J connectivity index is 2.60. The number of hydrogen-bond donors (Lipinski definition) is 0. The summed E-state index contributed by atoms with van der Waals surface area (Å²) in [5.74, 6) is 0.739. The van der Waals surface area contributed by atoms with Crippen LogP contribution >= 0.6 is 0 Å². The van der Waals surface area contributed by atoms with E-state index in [4.69, 9.17) is 8.05 Å². The fraction of sp³-hybridized carbons (Fsp3) is 0.400. The van der Waals surface area contributed by atoms with Crippen molar-refractivity contribution in [1.29, 1.82) is 0 Å². The summed E-state index contributed by atoms with van der Waals surface area (Å²) in [5, 5.41) is 0. The van der Waals surface area contributed by atoms with Crippen LogP contribution in [-0.2, 0) is 6.42 Å². The molecule has 0 heterocycles. The van der Waals surface area contributed by atoms with E-state index in [1.54, 1.807) is 0 Å². The quantitative estimate of drug-likeness (QED) is 0.614. The average Bonchev–Trinajstić information content (AvgIpc) is 2.15. The van der Waals surface area contributed by atoms with Gasteiger partial charge in [0, 0.05) is 0 Å². The standard InChI is InChI=1S/C10H13BO/c1-2-3-5-9-6-4-7-10(8-9)12-11/h4,6-8H,2-3,5H2,1H3. The number of benzene rings is 1. The first-order valence-electron chi connectivity index (χ1n) is 4.32. The lowest BCUT2D eigenvalue weighted by Crippen LogP contribution is -1.88. The van der Waals surface area contributed by atoms with Crippen LogP contribution in [0.25, 0.3) is 0 Å². The minimum absolute atomic E-state index is 0.739. The maximum absolute atomic E-state index is 5.05. The van der Waals surface area contributed by atoms with Crippen LogP contribution in [0.4, 0.5) is 0 Å². The topological polar surface area (TPSA) is 9.23 Å². The van der Waals surface area contributed by atoms with Gasteiger partial charge in [-0.1, -0.05) is 25.5 Å². The highest BCUT2D eigenvalue weighted by Gasteiger charge is 1.93. The molecule has 0 spiro atoms. The van der Waals surface area contributed by atoms with E-state index in [0.29, 0.717) is 0 Å². The van der Waals surface area contributed by atoms with E-state index in [9.17, 15) is 0 Å². The van der Waals surface area contributed by atoms with E-state index in [0.717, 1.165) is 12.2 Å². The highest BCUT2D eigenvalue weighted by molar-refractivity contribution is 5.99. The predicted octanol–water partition coefficient (Wildman–Crippen LogP) is 2.49. The van der Waals surface area contributed by atoms with Crippen molar-refractivity contribution in [2.75, 3.05) is 0 Å². The van der Waals surface area contributed by atoms with Gasteiger partial charge in [0.05, 0.1) is 5.75 Å². The van der Waals surface area contributed by atoms with Crippen LogP contribution in [0.1, 0.15) is 25.3 Å². The smallest absolute Gasteiger partial charge is 0.374 e. The van der Waals surface area contributed by atoms with Gasteiger partial charge in [0.25, 0.3) is 0 Å². The SMILES string of the molecule is [B]Oc1cccc(CCCC)c1. The van der Waals surface area contributed by atoms with Crippen molar-refractivity contribution < 1.29 is 4.65 Å². The zero-order valence-corrected chi connectivity index (χ0v) is 7.42. The van der Waals surface area contributed by atoms with Crippen molar-refractivity contribution in [3.8, 4) is 5.75 Å². The van der Waals surface area contributed by atoms with E-state index in [1.165, 1.54) is 18.4 Å². The number of hydrogen-bond acceptors (Lipinski definition) is 1. The third-order valence-corrected chi connectivity index (χ3v) is 1.85. The fourth-order valence-corrected chi connectivity index (χ4v) is 1.16. The largest absolute Gasteiger partial charge is 0.568 e. The van der Waals surface area contributed by atoms with Crippen LogP contribution in [-0.4, -0.2) is 8.05 Å². The van der Waals surface area contributed by atoms with Gasteiger partial charge in [-0.2, -0.15) is 0 Å². The summed E-state index contributed by atoms with van der Waals surface area (Å²) in [4.78, 5) is 0. The molecule has 0 aliphatic carbocycles. The van der Waals surface area contributed by atoms with Crippen LogP contribution in [0, 0.1) is 0 Å². The monoisotopic (exact) mass is 160 g/mol. The fourth-order valence-electron chi connectivity index (χ4n) is 1.16. The van der Waals surface area contributed by atoms with Gasteiger partial charge < -0.3 is 4.65 Å². The minimum Gasteiger partial charge on any atom is -0.568 e. The van der Waals surface area contributed by atoms with Crippen molar-refractivity contribution in [2.24, 2.45) is 0 Å². The molecular formula is C10H13BO. The Labute approximate surface area is 75.2 Å². The molecule has 0 fully saturated rings. The highest BCUT2D eigenvalue weighted by atomic mass is 16.4. The molecule has 0 unspecified atom stereocenters. The highest BCUT2D eigenvalue weighted by Crippen LogP contribution is 2.13. The zero-order valence-electron chi connectivity index (χ0n) is 7.42. The van der Waals surface area contributed by atoms with Crippen molar-refractivity contribution in [3.05, 3.63) is 29.8 Å². The Bertz CT molecular complexity index is 235. The molecule has 0 saturated heterocycles. The van der Waals surface area contributed by atoms with E-state index in [2.05, 4.69) is 17.6 Å². The average molecular weight is 160 g/mol. The molecule has 1 rings (SSSR count). The van der Waals surface area contributed by atoms with Crippen molar-refractivity contribution >= 4 is 8.05 Å². The Morgan fingerprint density at radius 1 is 1.42 bits per heavy atom. The zero-order chi connectivity index (χ0) is 8.81. The van der Waals surface area contributed by atoms with Crippen LogP contribution in [0.2, 0.25) is 0 Å². The van der Waals surface area contributed by atoms with Crippen LogP contribution in [0.3, 0.4) is 0 Å². The third-order valence-electron chi connectivity index (χ3n) is 1.85. The minimum atomic E-state index is 0.739. The lowest BCUT2D eigenvalue weighted by atomic mass is 10.1. The van der Waals surface area contributed by atoms with Crippen LogP contribution < -0.4 is 4.65 Å². The van der Waals surface area contributed by atoms with Crippen molar-refractivity contribution in [2.45, 2.75) is 26.2 Å². The Kier molecular flexibility index (Phi) is 3.72. The molecule has 0 atom stereocenters. The van der Waals surface area contributed by atoms with Gasteiger partial charge in [-0.25, -0.2) is 0 Å². The molecule has 1 nitrogen and oxygen atoms in total. The Hall–Kier alpha value is -0.915. The Morgan fingerprint density at radius 2 is 2.25 bits per heavy atom. The van der Waals surface area contributed by atoms with Gasteiger partial charge in [-0.3, -0.25) is 0 Å². The molecule has 0 amide bonds. The van der Waals surface area contributed by atoms with Gasteiger partial charge in [0.15, 0.2) is 0 Å². The second-order valence-electron chi connectivity index (χ2n) is 2.87.